The molecule has 0 amide bonds. The number of nitrogens with zero attached hydrogens (tertiary/aromatic N) is 1. The Balaban J connectivity index is 2.40. The average Bonchev–Trinajstić information content (AvgIpc) is 2.36. The first kappa shape index (κ1) is 15.6. The highest BCUT2D eigenvalue weighted by molar-refractivity contribution is 7.89. The van der Waals surface area contributed by atoms with E-state index in [1.807, 2.05) is 6.92 Å². The highest BCUT2D eigenvalue weighted by Gasteiger charge is 2.37. The first-order chi connectivity index (χ1) is 9.23. The Morgan fingerprint density at radius 3 is 2.55 bits per heavy atom. The Hall–Kier alpha value is -0.780. The fraction of sp³-hybridized carbons (Fsp3) is 0.571. The standard InChI is InChI=1S/C14H21ClN2O2S/c1-9-6-10(2)11(3)17(8-9)20(18,19)12-4-5-13(15)14(16)7-12/h4-5,7,9-11H,6,8,16H2,1-3H3. The van der Waals surface area contributed by atoms with Gasteiger partial charge in [-0.1, -0.05) is 25.4 Å². The Morgan fingerprint density at radius 1 is 1.30 bits per heavy atom. The van der Waals surface area contributed by atoms with Gasteiger partial charge in [0.1, 0.15) is 0 Å². The van der Waals surface area contributed by atoms with Crippen LogP contribution in [0.2, 0.25) is 5.02 Å². The predicted molar refractivity (Wildman–Crippen MR) is 82.2 cm³/mol. The molecule has 0 aromatic heterocycles. The van der Waals surface area contributed by atoms with Crippen molar-refractivity contribution in [3.05, 3.63) is 23.2 Å². The van der Waals surface area contributed by atoms with E-state index in [-0.39, 0.29) is 10.9 Å². The van der Waals surface area contributed by atoms with E-state index in [1.54, 1.807) is 4.31 Å². The second-order valence-corrected chi connectivity index (χ2v) is 8.11. The third kappa shape index (κ3) is 2.80. The highest BCUT2D eigenvalue weighted by atomic mass is 35.5. The maximum atomic E-state index is 12.8. The molecule has 6 heteroatoms. The maximum absolute atomic E-state index is 12.8. The van der Waals surface area contributed by atoms with Crippen LogP contribution in [0.3, 0.4) is 0 Å². The minimum Gasteiger partial charge on any atom is -0.397 e. The van der Waals surface area contributed by atoms with Crippen molar-refractivity contribution in [2.75, 3.05) is 12.3 Å². The number of halogens is 1. The van der Waals surface area contributed by atoms with Crippen molar-refractivity contribution in [3.8, 4) is 0 Å². The van der Waals surface area contributed by atoms with Gasteiger partial charge in [-0.3, -0.25) is 0 Å². The zero-order valence-corrected chi connectivity index (χ0v) is 13.6. The molecule has 2 rings (SSSR count). The molecular weight excluding hydrogens is 296 g/mol. The number of rotatable bonds is 2. The van der Waals surface area contributed by atoms with Gasteiger partial charge in [0.25, 0.3) is 0 Å². The zero-order valence-electron chi connectivity index (χ0n) is 12.0. The first-order valence-corrected chi connectivity index (χ1v) is 8.62. The Morgan fingerprint density at radius 2 is 1.95 bits per heavy atom. The number of piperidine rings is 1. The molecule has 20 heavy (non-hydrogen) atoms. The van der Waals surface area contributed by atoms with Crippen LogP contribution in [0.5, 0.6) is 0 Å². The van der Waals surface area contributed by atoms with Crippen LogP contribution >= 0.6 is 11.6 Å². The minimum atomic E-state index is -3.52. The number of nitrogens with two attached hydrogens (primary N) is 1. The van der Waals surface area contributed by atoms with E-state index in [4.69, 9.17) is 17.3 Å². The molecule has 1 heterocycles. The number of hydrogen-bond acceptors (Lipinski definition) is 3. The summed E-state index contributed by atoms with van der Waals surface area (Å²) in [5.74, 6) is 0.707. The third-order valence-electron chi connectivity index (χ3n) is 4.12. The van der Waals surface area contributed by atoms with Crippen LogP contribution in [-0.2, 0) is 10.0 Å². The van der Waals surface area contributed by atoms with Crippen LogP contribution in [0.25, 0.3) is 0 Å². The summed E-state index contributed by atoms with van der Waals surface area (Å²) < 4.78 is 27.2. The van der Waals surface area contributed by atoms with Crippen LogP contribution in [0, 0.1) is 11.8 Å². The van der Waals surface area contributed by atoms with E-state index in [2.05, 4.69) is 13.8 Å². The molecule has 3 atom stereocenters. The molecule has 1 aromatic carbocycles. The molecule has 2 N–H and O–H groups in total. The minimum absolute atomic E-state index is 0.00639. The molecule has 0 bridgehead atoms. The fourth-order valence-corrected chi connectivity index (χ4v) is 4.80. The van der Waals surface area contributed by atoms with Crippen LogP contribution in [0.15, 0.2) is 23.1 Å². The molecule has 0 aliphatic carbocycles. The molecule has 0 saturated carbocycles. The number of benzene rings is 1. The molecule has 4 nitrogen and oxygen atoms in total. The van der Waals surface area contributed by atoms with Gasteiger partial charge in [-0.25, -0.2) is 8.42 Å². The Kier molecular flexibility index (Phi) is 4.33. The summed E-state index contributed by atoms with van der Waals surface area (Å²) in [5, 5.41) is 0.373. The van der Waals surface area contributed by atoms with Gasteiger partial charge in [-0.05, 0) is 43.4 Å². The van der Waals surface area contributed by atoms with Crippen molar-refractivity contribution in [3.63, 3.8) is 0 Å². The molecular formula is C14H21ClN2O2S. The molecule has 0 spiro atoms. The number of nitrogen functional groups attached to an aromatic ring is 1. The van der Waals surface area contributed by atoms with Gasteiger partial charge >= 0.3 is 0 Å². The Bertz CT molecular complexity index is 603. The topological polar surface area (TPSA) is 63.4 Å². The van der Waals surface area contributed by atoms with Gasteiger partial charge in [0, 0.05) is 12.6 Å². The molecule has 0 radical (unpaired) electrons. The predicted octanol–water partition coefficient (Wildman–Crippen LogP) is 2.98. The zero-order chi connectivity index (χ0) is 15.1. The van der Waals surface area contributed by atoms with Gasteiger partial charge in [0.2, 0.25) is 10.0 Å². The van der Waals surface area contributed by atoms with Gasteiger partial charge in [0.15, 0.2) is 0 Å². The van der Waals surface area contributed by atoms with Gasteiger partial charge in [-0.2, -0.15) is 4.31 Å². The first-order valence-electron chi connectivity index (χ1n) is 6.80. The number of sulfonamides is 1. The summed E-state index contributed by atoms with van der Waals surface area (Å²) in [6, 6.07) is 4.48. The summed E-state index contributed by atoms with van der Waals surface area (Å²) in [5.41, 5.74) is 6.01. The van der Waals surface area contributed by atoms with Crippen LogP contribution < -0.4 is 5.73 Å². The SMILES string of the molecule is CC1CC(C)C(C)N(S(=O)(=O)c2ccc(Cl)c(N)c2)C1. The lowest BCUT2D eigenvalue weighted by Gasteiger charge is -2.40. The average molecular weight is 317 g/mol. The lowest BCUT2D eigenvalue weighted by atomic mass is 9.88. The van der Waals surface area contributed by atoms with Crippen molar-refractivity contribution in [1.29, 1.82) is 0 Å². The number of hydrogen-bond donors (Lipinski definition) is 1. The highest BCUT2D eigenvalue weighted by Crippen LogP contribution is 2.32. The fourth-order valence-electron chi connectivity index (χ4n) is 2.80. The lowest BCUT2D eigenvalue weighted by molar-refractivity contribution is 0.157. The second-order valence-electron chi connectivity index (χ2n) is 5.82. The number of anilines is 1. The normalized spacial score (nSPS) is 28.5. The van der Waals surface area contributed by atoms with Crippen molar-refractivity contribution in [2.45, 2.75) is 38.1 Å². The molecule has 1 aliphatic heterocycles. The van der Waals surface area contributed by atoms with Crippen LogP contribution in [0.1, 0.15) is 27.2 Å². The van der Waals surface area contributed by atoms with E-state index in [0.717, 1.165) is 6.42 Å². The van der Waals surface area contributed by atoms with Crippen LogP contribution in [0.4, 0.5) is 5.69 Å². The smallest absolute Gasteiger partial charge is 0.243 e. The molecule has 112 valence electrons. The van der Waals surface area contributed by atoms with Crippen molar-refractivity contribution in [1.82, 2.24) is 4.31 Å². The van der Waals surface area contributed by atoms with Crippen molar-refractivity contribution in [2.24, 2.45) is 11.8 Å². The van der Waals surface area contributed by atoms with Gasteiger partial charge in [0.05, 0.1) is 15.6 Å². The summed E-state index contributed by atoms with van der Waals surface area (Å²) in [6.45, 7) is 6.70. The van der Waals surface area contributed by atoms with Gasteiger partial charge in [-0.15, -0.1) is 0 Å². The second kappa shape index (κ2) is 5.54. The molecule has 1 aromatic rings. The summed E-state index contributed by atoms with van der Waals surface area (Å²) >= 11 is 5.86. The van der Waals surface area contributed by atoms with E-state index in [0.29, 0.717) is 29.1 Å². The largest absolute Gasteiger partial charge is 0.397 e. The summed E-state index contributed by atoms with van der Waals surface area (Å²) in [6.07, 6.45) is 1.05. The van der Waals surface area contributed by atoms with E-state index >= 15 is 0 Å². The molecule has 1 fully saturated rings. The monoisotopic (exact) mass is 316 g/mol. The van der Waals surface area contributed by atoms with E-state index in [1.165, 1.54) is 18.2 Å². The van der Waals surface area contributed by atoms with Crippen LogP contribution in [-0.4, -0.2) is 25.3 Å². The molecule has 1 aliphatic rings. The van der Waals surface area contributed by atoms with Crippen molar-refractivity contribution >= 4 is 27.3 Å². The van der Waals surface area contributed by atoms with E-state index in [9.17, 15) is 8.42 Å². The Labute approximate surface area is 126 Å². The van der Waals surface area contributed by atoms with Gasteiger partial charge < -0.3 is 5.73 Å². The third-order valence-corrected chi connectivity index (χ3v) is 6.41. The van der Waals surface area contributed by atoms with Crippen molar-refractivity contribution < 1.29 is 8.42 Å². The molecule has 1 saturated heterocycles. The summed E-state index contributed by atoms with van der Waals surface area (Å²) in [4.78, 5) is 0.215. The quantitative estimate of drug-likeness (QED) is 0.853. The molecule has 3 unspecified atom stereocenters. The maximum Gasteiger partial charge on any atom is 0.243 e. The summed E-state index contributed by atoms with van der Waals surface area (Å²) in [7, 11) is -3.52. The van der Waals surface area contributed by atoms with E-state index < -0.39 is 10.0 Å². The lowest BCUT2D eigenvalue weighted by Crippen LogP contribution is -2.48.